The average molecular weight is 291 g/mol. The molecule has 0 bridgehead atoms. The summed E-state index contributed by atoms with van der Waals surface area (Å²) < 4.78 is 19.7. The van der Waals surface area contributed by atoms with E-state index in [-0.39, 0.29) is 11.4 Å². The van der Waals surface area contributed by atoms with Crippen molar-refractivity contribution < 1.29 is 9.13 Å². The van der Waals surface area contributed by atoms with Gasteiger partial charge >= 0.3 is 0 Å². The van der Waals surface area contributed by atoms with Gasteiger partial charge in [0, 0.05) is 12.6 Å². The summed E-state index contributed by atoms with van der Waals surface area (Å²) in [5.41, 5.74) is 2.07. The van der Waals surface area contributed by atoms with Crippen molar-refractivity contribution in [2.75, 3.05) is 13.7 Å². The number of rotatable bonds is 3. The SMILES string of the molecule is CNC(c1ccc(F)c(C)c1)C1CCOC2(CCCC2)C1. The number of ether oxygens (including phenoxy) is 1. The topological polar surface area (TPSA) is 21.3 Å². The Balaban J connectivity index is 1.80. The summed E-state index contributed by atoms with van der Waals surface area (Å²) in [6.45, 7) is 2.71. The van der Waals surface area contributed by atoms with Crippen molar-refractivity contribution in [1.82, 2.24) is 5.32 Å². The standard InChI is InChI=1S/C18H26FNO/c1-13-11-14(5-6-16(13)19)17(20-2)15-7-10-21-18(12-15)8-3-4-9-18/h5-6,11,15,17,20H,3-4,7-10,12H2,1-2H3. The van der Waals surface area contributed by atoms with Crippen molar-refractivity contribution in [2.24, 2.45) is 5.92 Å². The molecule has 1 aliphatic carbocycles. The van der Waals surface area contributed by atoms with Crippen LogP contribution in [0.3, 0.4) is 0 Å². The maximum Gasteiger partial charge on any atom is 0.126 e. The van der Waals surface area contributed by atoms with Gasteiger partial charge < -0.3 is 10.1 Å². The highest BCUT2D eigenvalue weighted by Crippen LogP contribution is 2.45. The molecule has 2 unspecified atom stereocenters. The first-order chi connectivity index (χ1) is 10.1. The zero-order valence-corrected chi connectivity index (χ0v) is 13.1. The van der Waals surface area contributed by atoms with Gasteiger partial charge in [-0.3, -0.25) is 0 Å². The highest BCUT2D eigenvalue weighted by atomic mass is 19.1. The monoisotopic (exact) mass is 291 g/mol. The highest BCUT2D eigenvalue weighted by molar-refractivity contribution is 5.27. The third kappa shape index (κ3) is 3.00. The van der Waals surface area contributed by atoms with Gasteiger partial charge in [-0.05, 0) is 62.8 Å². The molecular formula is C18H26FNO. The van der Waals surface area contributed by atoms with Crippen LogP contribution in [0.1, 0.15) is 55.7 Å². The fraction of sp³-hybridized carbons (Fsp3) is 0.667. The second-order valence-electron chi connectivity index (χ2n) is 6.77. The minimum Gasteiger partial charge on any atom is -0.375 e. The molecule has 2 atom stereocenters. The van der Waals surface area contributed by atoms with Crippen LogP contribution in [-0.2, 0) is 4.74 Å². The maximum atomic E-state index is 13.5. The van der Waals surface area contributed by atoms with Crippen molar-refractivity contribution in [3.63, 3.8) is 0 Å². The zero-order chi connectivity index (χ0) is 14.9. The van der Waals surface area contributed by atoms with Crippen molar-refractivity contribution >= 4 is 0 Å². The minimum atomic E-state index is -0.118. The third-order valence-corrected chi connectivity index (χ3v) is 5.37. The summed E-state index contributed by atoms with van der Waals surface area (Å²) >= 11 is 0. The summed E-state index contributed by atoms with van der Waals surface area (Å²) in [4.78, 5) is 0. The van der Waals surface area contributed by atoms with Gasteiger partial charge in [0.05, 0.1) is 5.60 Å². The molecule has 0 amide bonds. The molecule has 2 aliphatic rings. The van der Waals surface area contributed by atoms with E-state index < -0.39 is 0 Å². The molecule has 116 valence electrons. The molecule has 1 spiro atoms. The van der Waals surface area contributed by atoms with Gasteiger partial charge in [0.1, 0.15) is 5.82 Å². The number of hydrogen-bond donors (Lipinski definition) is 1. The van der Waals surface area contributed by atoms with E-state index in [2.05, 4.69) is 5.32 Å². The molecule has 0 aromatic heterocycles. The lowest BCUT2D eigenvalue weighted by Gasteiger charge is -2.41. The van der Waals surface area contributed by atoms with Crippen LogP contribution in [0.2, 0.25) is 0 Å². The van der Waals surface area contributed by atoms with Crippen LogP contribution < -0.4 is 5.32 Å². The fourth-order valence-electron chi connectivity index (χ4n) is 4.25. The van der Waals surface area contributed by atoms with Crippen molar-refractivity contribution in [3.8, 4) is 0 Å². The lowest BCUT2D eigenvalue weighted by molar-refractivity contribution is -0.0979. The Morgan fingerprint density at radius 2 is 2.10 bits per heavy atom. The summed E-state index contributed by atoms with van der Waals surface area (Å²) in [7, 11) is 2.01. The predicted octanol–water partition coefficient (Wildman–Crippen LogP) is 4.13. The molecule has 1 aliphatic heterocycles. The molecule has 2 nitrogen and oxygen atoms in total. The Hall–Kier alpha value is -0.930. The second-order valence-corrected chi connectivity index (χ2v) is 6.77. The number of halogens is 1. The first kappa shape index (κ1) is 15.0. The van der Waals surface area contributed by atoms with Crippen molar-refractivity contribution in [3.05, 3.63) is 35.1 Å². The highest BCUT2D eigenvalue weighted by Gasteiger charge is 2.42. The smallest absolute Gasteiger partial charge is 0.126 e. The number of hydrogen-bond acceptors (Lipinski definition) is 2. The van der Waals surface area contributed by atoms with E-state index in [1.54, 1.807) is 6.07 Å². The van der Waals surface area contributed by atoms with E-state index in [0.717, 1.165) is 25.0 Å². The lowest BCUT2D eigenvalue weighted by Crippen LogP contribution is -2.41. The first-order valence-electron chi connectivity index (χ1n) is 8.21. The molecule has 0 radical (unpaired) electrons. The quantitative estimate of drug-likeness (QED) is 0.904. The van der Waals surface area contributed by atoms with Crippen LogP contribution in [0, 0.1) is 18.7 Å². The number of nitrogens with one attached hydrogen (secondary N) is 1. The van der Waals surface area contributed by atoms with E-state index in [4.69, 9.17) is 4.74 Å². The molecule has 1 saturated heterocycles. The van der Waals surface area contributed by atoms with Crippen LogP contribution in [0.4, 0.5) is 4.39 Å². The Labute approximate surface area is 127 Å². The van der Waals surface area contributed by atoms with Gasteiger partial charge in [-0.25, -0.2) is 4.39 Å². The number of aryl methyl sites for hydroxylation is 1. The van der Waals surface area contributed by atoms with Gasteiger partial charge in [-0.15, -0.1) is 0 Å². The van der Waals surface area contributed by atoms with Crippen LogP contribution >= 0.6 is 0 Å². The van der Waals surface area contributed by atoms with Gasteiger partial charge in [-0.2, -0.15) is 0 Å². The summed E-state index contributed by atoms with van der Waals surface area (Å²) in [6.07, 6.45) is 7.24. The molecule has 1 saturated carbocycles. The lowest BCUT2D eigenvalue weighted by atomic mass is 9.78. The molecule has 2 fully saturated rings. The molecule has 3 rings (SSSR count). The zero-order valence-electron chi connectivity index (χ0n) is 13.1. The fourth-order valence-corrected chi connectivity index (χ4v) is 4.25. The largest absolute Gasteiger partial charge is 0.375 e. The molecule has 1 N–H and O–H groups in total. The summed E-state index contributed by atoms with van der Waals surface area (Å²) in [5.74, 6) is 0.458. The molecule has 3 heteroatoms. The summed E-state index contributed by atoms with van der Waals surface area (Å²) in [5, 5.41) is 3.46. The van der Waals surface area contributed by atoms with Crippen molar-refractivity contribution in [1.29, 1.82) is 0 Å². The van der Waals surface area contributed by atoms with E-state index >= 15 is 0 Å². The van der Waals surface area contributed by atoms with Gasteiger partial charge in [0.15, 0.2) is 0 Å². The Morgan fingerprint density at radius 3 is 2.76 bits per heavy atom. The maximum absolute atomic E-state index is 13.5. The summed E-state index contributed by atoms with van der Waals surface area (Å²) in [6, 6.07) is 5.82. The minimum absolute atomic E-state index is 0.118. The molecule has 1 aromatic rings. The van der Waals surface area contributed by atoms with Gasteiger partial charge in [0.25, 0.3) is 0 Å². The third-order valence-electron chi connectivity index (χ3n) is 5.37. The van der Waals surface area contributed by atoms with Crippen LogP contribution in [-0.4, -0.2) is 19.3 Å². The normalized spacial score (nSPS) is 26.1. The first-order valence-corrected chi connectivity index (χ1v) is 8.21. The molecule has 1 aromatic carbocycles. The number of benzene rings is 1. The Morgan fingerprint density at radius 1 is 1.33 bits per heavy atom. The van der Waals surface area contributed by atoms with E-state index in [0.29, 0.717) is 12.0 Å². The van der Waals surface area contributed by atoms with E-state index in [1.807, 2.05) is 26.1 Å². The van der Waals surface area contributed by atoms with Gasteiger partial charge in [-0.1, -0.05) is 25.0 Å². The van der Waals surface area contributed by atoms with Crippen LogP contribution in [0.15, 0.2) is 18.2 Å². The molecule has 1 heterocycles. The second kappa shape index (κ2) is 6.05. The van der Waals surface area contributed by atoms with E-state index in [9.17, 15) is 4.39 Å². The van der Waals surface area contributed by atoms with Crippen molar-refractivity contribution in [2.45, 2.75) is 57.1 Å². The Bertz CT molecular complexity index is 496. The van der Waals surface area contributed by atoms with Gasteiger partial charge in [0.2, 0.25) is 0 Å². The van der Waals surface area contributed by atoms with Crippen LogP contribution in [0.5, 0.6) is 0 Å². The van der Waals surface area contributed by atoms with Crippen LogP contribution in [0.25, 0.3) is 0 Å². The Kier molecular flexibility index (Phi) is 4.32. The average Bonchev–Trinajstić information content (AvgIpc) is 2.91. The molecular weight excluding hydrogens is 265 g/mol. The van der Waals surface area contributed by atoms with E-state index in [1.165, 1.54) is 31.2 Å². The predicted molar refractivity (Wildman–Crippen MR) is 82.8 cm³/mol. The molecule has 21 heavy (non-hydrogen) atoms.